The van der Waals surface area contributed by atoms with Gasteiger partial charge in [-0.15, -0.1) is 0 Å². The Morgan fingerprint density at radius 1 is 1.33 bits per heavy atom. The summed E-state index contributed by atoms with van der Waals surface area (Å²) in [6, 6.07) is 1.41. The Labute approximate surface area is 171 Å². The van der Waals surface area contributed by atoms with Gasteiger partial charge in [-0.05, 0) is 19.9 Å². The maximum absolute atomic E-state index is 13.7. The summed E-state index contributed by atoms with van der Waals surface area (Å²) in [4.78, 5) is 51.1. The first-order chi connectivity index (χ1) is 14.2. The van der Waals surface area contributed by atoms with Crippen molar-refractivity contribution < 1.29 is 32.7 Å². The van der Waals surface area contributed by atoms with Gasteiger partial charge < -0.3 is 19.9 Å². The lowest BCUT2D eigenvalue weighted by Crippen LogP contribution is -2.62. The number of nitrogens with zero attached hydrogens (tertiary/aromatic N) is 2. The first-order valence-electron chi connectivity index (χ1n) is 9.32. The van der Waals surface area contributed by atoms with Crippen LogP contribution in [0.1, 0.15) is 19.4 Å². The normalized spacial score (nSPS) is 23.9. The lowest BCUT2D eigenvalue weighted by atomic mass is 10.1. The summed E-state index contributed by atoms with van der Waals surface area (Å²) >= 11 is 0. The number of fused-ring (bicyclic) bond motifs is 1. The molecule has 0 radical (unpaired) electrons. The average molecular weight is 421 g/mol. The first-order valence-corrected chi connectivity index (χ1v) is 9.32. The second kappa shape index (κ2) is 8.70. The number of piperazine rings is 1. The number of ketones is 1. The molecule has 0 aliphatic carbocycles. The van der Waals surface area contributed by atoms with Crippen LogP contribution in [0.25, 0.3) is 0 Å². The summed E-state index contributed by atoms with van der Waals surface area (Å²) in [7, 11) is 0. The summed E-state index contributed by atoms with van der Waals surface area (Å²) in [5.74, 6) is -3.58. The van der Waals surface area contributed by atoms with E-state index in [0.717, 1.165) is 6.07 Å². The second-order valence-electron chi connectivity index (χ2n) is 7.23. The molecule has 0 spiro atoms. The Bertz CT molecular complexity index is 920. The van der Waals surface area contributed by atoms with Gasteiger partial charge in [-0.2, -0.15) is 0 Å². The van der Waals surface area contributed by atoms with E-state index in [1.54, 1.807) is 6.92 Å². The number of amides is 2. The molecule has 160 valence electrons. The SMILES string of the molecule is CC(=CN1CC2OCC(C)N2C(=O)C1C(=O)C=O)C(=O)NCc1ccc(F)cc1F. The fourth-order valence-corrected chi connectivity index (χ4v) is 3.53. The molecule has 8 nitrogen and oxygen atoms in total. The van der Waals surface area contributed by atoms with E-state index in [-0.39, 0.29) is 36.6 Å². The van der Waals surface area contributed by atoms with Crippen LogP contribution in [0, 0.1) is 11.6 Å². The minimum Gasteiger partial charge on any atom is -0.354 e. The summed E-state index contributed by atoms with van der Waals surface area (Å²) in [5.41, 5.74) is 0.234. The van der Waals surface area contributed by atoms with Crippen LogP contribution in [0.2, 0.25) is 0 Å². The monoisotopic (exact) mass is 421 g/mol. The number of Topliss-reactive ketones (excluding diaryl/α,β-unsaturated/α-hetero) is 1. The topological polar surface area (TPSA) is 96.0 Å². The van der Waals surface area contributed by atoms with Crippen LogP contribution in [0.5, 0.6) is 0 Å². The molecule has 2 fully saturated rings. The predicted molar refractivity (Wildman–Crippen MR) is 99.6 cm³/mol. The number of hydrogen-bond acceptors (Lipinski definition) is 6. The highest BCUT2D eigenvalue weighted by molar-refractivity contribution is 6.33. The molecule has 3 unspecified atom stereocenters. The van der Waals surface area contributed by atoms with Crippen molar-refractivity contribution in [1.29, 1.82) is 0 Å². The number of benzene rings is 1. The Hall–Kier alpha value is -3.14. The second-order valence-corrected chi connectivity index (χ2v) is 7.23. The number of carbonyl (C=O) groups is 4. The van der Waals surface area contributed by atoms with Gasteiger partial charge >= 0.3 is 0 Å². The third kappa shape index (κ3) is 4.23. The van der Waals surface area contributed by atoms with Gasteiger partial charge in [0.2, 0.25) is 11.7 Å². The van der Waals surface area contributed by atoms with Crippen molar-refractivity contribution in [3.8, 4) is 0 Å². The third-order valence-corrected chi connectivity index (χ3v) is 5.06. The minimum atomic E-state index is -1.37. The van der Waals surface area contributed by atoms with Crippen molar-refractivity contribution in [2.45, 2.75) is 38.7 Å². The summed E-state index contributed by atoms with van der Waals surface area (Å²) < 4.78 is 32.3. The molecule has 1 aromatic rings. The van der Waals surface area contributed by atoms with Gasteiger partial charge in [0.1, 0.15) is 17.9 Å². The highest BCUT2D eigenvalue weighted by atomic mass is 19.1. The molecule has 0 aromatic heterocycles. The Morgan fingerprint density at radius 2 is 2.07 bits per heavy atom. The molecule has 2 aliphatic heterocycles. The van der Waals surface area contributed by atoms with E-state index in [0.29, 0.717) is 12.7 Å². The largest absolute Gasteiger partial charge is 0.354 e. The van der Waals surface area contributed by atoms with Gasteiger partial charge in [-0.25, -0.2) is 8.78 Å². The van der Waals surface area contributed by atoms with Crippen molar-refractivity contribution in [3.05, 3.63) is 47.2 Å². The van der Waals surface area contributed by atoms with Gasteiger partial charge in [0, 0.05) is 29.9 Å². The lowest BCUT2D eigenvalue weighted by molar-refractivity contribution is -0.156. The van der Waals surface area contributed by atoms with Crippen LogP contribution in [-0.4, -0.2) is 65.1 Å². The van der Waals surface area contributed by atoms with E-state index >= 15 is 0 Å². The maximum atomic E-state index is 13.7. The molecular weight excluding hydrogens is 400 g/mol. The van der Waals surface area contributed by atoms with Crippen molar-refractivity contribution in [1.82, 2.24) is 15.1 Å². The zero-order chi connectivity index (χ0) is 22.0. The number of nitrogens with one attached hydrogen (secondary N) is 1. The number of halogens is 2. The predicted octanol–water partition coefficient (Wildman–Crippen LogP) is 0.510. The van der Waals surface area contributed by atoms with Crippen LogP contribution >= 0.6 is 0 Å². The van der Waals surface area contributed by atoms with E-state index in [1.807, 2.05) is 0 Å². The summed E-state index contributed by atoms with van der Waals surface area (Å²) in [6.07, 6.45) is 0.797. The molecule has 10 heteroatoms. The van der Waals surface area contributed by atoms with Crippen LogP contribution in [0.4, 0.5) is 8.78 Å². The molecule has 3 rings (SSSR count). The minimum absolute atomic E-state index is 0.0814. The molecule has 0 bridgehead atoms. The van der Waals surface area contributed by atoms with E-state index in [9.17, 15) is 28.0 Å². The van der Waals surface area contributed by atoms with Crippen LogP contribution in [0.3, 0.4) is 0 Å². The number of ether oxygens (including phenoxy) is 1. The van der Waals surface area contributed by atoms with Crippen molar-refractivity contribution in [2.75, 3.05) is 13.2 Å². The highest BCUT2D eigenvalue weighted by Gasteiger charge is 2.48. The fraction of sp³-hybridized carbons (Fsp3) is 0.400. The quantitative estimate of drug-likeness (QED) is 0.311. The van der Waals surface area contributed by atoms with E-state index in [1.165, 1.54) is 29.0 Å². The smallest absolute Gasteiger partial charge is 0.255 e. The molecule has 30 heavy (non-hydrogen) atoms. The molecule has 2 amide bonds. The Kier molecular flexibility index (Phi) is 6.25. The van der Waals surface area contributed by atoms with E-state index in [2.05, 4.69) is 5.32 Å². The number of carbonyl (C=O) groups excluding carboxylic acids is 4. The van der Waals surface area contributed by atoms with Crippen molar-refractivity contribution in [3.63, 3.8) is 0 Å². The molecule has 2 aliphatic rings. The standard InChI is InChI=1S/C20H21F2N3O5/c1-11(19(28)23-6-13-3-4-14(21)5-15(13)22)7-24-8-17-25(12(2)10-30-17)20(29)18(24)16(27)9-26/h3-5,7,9,12,17-18H,6,8,10H2,1-2H3,(H,23,28). The van der Waals surface area contributed by atoms with Crippen molar-refractivity contribution in [2.24, 2.45) is 0 Å². The molecule has 2 saturated heterocycles. The fourth-order valence-electron chi connectivity index (χ4n) is 3.53. The Balaban J connectivity index is 1.75. The zero-order valence-corrected chi connectivity index (χ0v) is 16.4. The molecular formula is C20H21F2N3O5. The summed E-state index contributed by atoms with van der Waals surface area (Å²) in [5, 5.41) is 2.49. The summed E-state index contributed by atoms with van der Waals surface area (Å²) in [6.45, 7) is 3.46. The lowest BCUT2D eigenvalue weighted by Gasteiger charge is -2.41. The molecule has 2 heterocycles. The molecule has 1 N–H and O–H groups in total. The number of hydrogen-bond donors (Lipinski definition) is 1. The van der Waals surface area contributed by atoms with Crippen LogP contribution in [-0.2, 0) is 30.5 Å². The first kappa shape index (κ1) is 21.6. The highest BCUT2D eigenvalue weighted by Crippen LogP contribution is 2.26. The van der Waals surface area contributed by atoms with Gasteiger partial charge in [0.05, 0.1) is 19.2 Å². The van der Waals surface area contributed by atoms with Crippen molar-refractivity contribution >= 4 is 23.9 Å². The van der Waals surface area contributed by atoms with Crippen LogP contribution in [0.15, 0.2) is 30.0 Å². The zero-order valence-electron chi connectivity index (χ0n) is 16.4. The van der Waals surface area contributed by atoms with E-state index < -0.39 is 41.5 Å². The van der Waals surface area contributed by atoms with Gasteiger partial charge in [-0.3, -0.25) is 19.2 Å². The average Bonchev–Trinajstić information content (AvgIpc) is 3.07. The molecule has 0 saturated carbocycles. The van der Waals surface area contributed by atoms with Crippen LogP contribution < -0.4 is 5.32 Å². The van der Waals surface area contributed by atoms with Gasteiger partial charge in [0.15, 0.2) is 12.3 Å². The van der Waals surface area contributed by atoms with E-state index in [4.69, 9.17) is 4.74 Å². The third-order valence-electron chi connectivity index (χ3n) is 5.06. The number of aldehydes is 1. The number of rotatable bonds is 6. The van der Waals surface area contributed by atoms with Gasteiger partial charge in [0.25, 0.3) is 5.91 Å². The van der Waals surface area contributed by atoms with Gasteiger partial charge in [-0.1, -0.05) is 6.07 Å². The Morgan fingerprint density at radius 3 is 2.73 bits per heavy atom. The molecule has 1 aromatic carbocycles. The maximum Gasteiger partial charge on any atom is 0.255 e. The molecule has 3 atom stereocenters.